The summed E-state index contributed by atoms with van der Waals surface area (Å²) in [6.45, 7) is 5.15. The third-order valence-electron chi connectivity index (χ3n) is 5.87. The Labute approximate surface area is 124 Å². The number of hydrogen-bond donors (Lipinski definition) is 2. The van der Waals surface area contributed by atoms with E-state index in [0.29, 0.717) is 12.6 Å². The Kier molecular flexibility index (Phi) is 5.48. The first-order valence-electron chi connectivity index (χ1n) is 8.58. The first-order valence-corrected chi connectivity index (χ1v) is 8.58. The van der Waals surface area contributed by atoms with Gasteiger partial charge in [-0.3, -0.25) is 4.79 Å². The fraction of sp³-hybridized carbons (Fsp3) is 0.941. The van der Waals surface area contributed by atoms with E-state index in [4.69, 9.17) is 5.73 Å². The number of nitrogens with two attached hydrogens (primary N) is 1. The van der Waals surface area contributed by atoms with E-state index < -0.39 is 0 Å². The molecule has 2 rings (SSSR count). The van der Waals surface area contributed by atoms with Gasteiger partial charge in [-0.05, 0) is 43.9 Å². The lowest BCUT2D eigenvalue weighted by Crippen LogP contribution is -2.50. The van der Waals surface area contributed by atoms with E-state index >= 15 is 0 Å². The molecule has 2 fully saturated rings. The number of carbonyl (C=O) groups excluding carboxylic acids is 1. The molecule has 2 saturated carbocycles. The lowest BCUT2D eigenvalue weighted by molar-refractivity contribution is -0.132. The van der Waals surface area contributed by atoms with Gasteiger partial charge in [0.1, 0.15) is 0 Å². The first-order chi connectivity index (χ1) is 9.57. The molecule has 3 unspecified atom stereocenters. The maximum atomic E-state index is 12.8. The Morgan fingerprint density at radius 3 is 2.30 bits per heavy atom. The van der Waals surface area contributed by atoms with Crippen molar-refractivity contribution in [3.05, 3.63) is 0 Å². The molecule has 1 amide bonds. The molecule has 3 N–H and O–H groups in total. The van der Waals surface area contributed by atoms with Crippen LogP contribution in [0.2, 0.25) is 0 Å². The lowest BCUT2D eigenvalue weighted by Gasteiger charge is -2.36. The maximum Gasteiger partial charge on any atom is 0.227 e. The van der Waals surface area contributed by atoms with Crippen LogP contribution in [0.25, 0.3) is 0 Å². The van der Waals surface area contributed by atoms with Crippen molar-refractivity contribution in [2.75, 3.05) is 6.54 Å². The molecule has 0 saturated heterocycles. The zero-order valence-corrected chi connectivity index (χ0v) is 13.3. The molecular weight excluding hydrogens is 248 g/mol. The van der Waals surface area contributed by atoms with Gasteiger partial charge in [-0.25, -0.2) is 0 Å². The highest BCUT2D eigenvalue weighted by atomic mass is 16.2. The number of carbonyl (C=O) groups is 1. The van der Waals surface area contributed by atoms with Crippen molar-refractivity contribution in [1.29, 1.82) is 0 Å². The molecule has 3 heteroatoms. The van der Waals surface area contributed by atoms with Crippen molar-refractivity contribution in [3.8, 4) is 0 Å². The van der Waals surface area contributed by atoms with Gasteiger partial charge >= 0.3 is 0 Å². The molecule has 0 aromatic carbocycles. The van der Waals surface area contributed by atoms with E-state index in [2.05, 4.69) is 19.2 Å². The molecule has 0 heterocycles. The second-order valence-electron chi connectivity index (χ2n) is 7.34. The summed E-state index contributed by atoms with van der Waals surface area (Å²) in [6.07, 6.45) is 10.3. The first kappa shape index (κ1) is 15.8. The van der Waals surface area contributed by atoms with Crippen molar-refractivity contribution in [2.24, 2.45) is 23.0 Å². The second-order valence-corrected chi connectivity index (χ2v) is 7.34. The normalized spacial score (nSPS) is 34.2. The molecule has 0 radical (unpaired) electrons. The van der Waals surface area contributed by atoms with Crippen LogP contribution < -0.4 is 11.1 Å². The molecule has 2 aliphatic rings. The molecule has 116 valence electrons. The summed E-state index contributed by atoms with van der Waals surface area (Å²) >= 11 is 0. The third kappa shape index (κ3) is 3.55. The van der Waals surface area contributed by atoms with Gasteiger partial charge in [0.2, 0.25) is 5.91 Å². The SMILES string of the molecule is CC1CCC(NC(=O)C2(CN)CCCCCC2)CC1C. The van der Waals surface area contributed by atoms with Crippen LogP contribution in [-0.4, -0.2) is 18.5 Å². The topological polar surface area (TPSA) is 55.1 Å². The maximum absolute atomic E-state index is 12.8. The molecule has 0 aromatic heterocycles. The molecule has 3 atom stereocenters. The highest BCUT2D eigenvalue weighted by Gasteiger charge is 2.38. The summed E-state index contributed by atoms with van der Waals surface area (Å²) in [5.41, 5.74) is 5.73. The van der Waals surface area contributed by atoms with Crippen LogP contribution in [0.4, 0.5) is 0 Å². The minimum absolute atomic E-state index is 0.244. The molecule has 0 aromatic rings. The van der Waals surface area contributed by atoms with E-state index in [-0.39, 0.29) is 11.3 Å². The molecule has 20 heavy (non-hydrogen) atoms. The molecule has 2 aliphatic carbocycles. The van der Waals surface area contributed by atoms with Gasteiger partial charge in [0.05, 0.1) is 5.41 Å². The predicted octanol–water partition coefficient (Wildman–Crippen LogP) is 3.23. The summed E-state index contributed by atoms with van der Waals surface area (Å²) < 4.78 is 0. The van der Waals surface area contributed by atoms with Crippen LogP contribution in [0.3, 0.4) is 0 Å². The highest BCUT2D eigenvalue weighted by Crippen LogP contribution is 2.35. The highest BCUT2D eigenvalue weighted by molar-refractivity contribution is 5.83. The van der Waals surface area contributed by atoms with E-state index in [1.165, 1.54) is 19.3 Å². The Morgan fingerprint density at radius 1 is 1.10 bits per heavy atom. The fourth-order valence-corrected chi connectivity index (χ4v) is 3.95. The Bertz CT molecular complexity index is 321. The van der Waals surface area contributed by atoms with Crippen LogP contribution in [0.15, 0.2) is 0 Å². The summed E-state index contributed by atoms with van der Waals surface area (Å²) in [7, 11) is 0. The van der Waals surface area contributed by atoms with Gasteiger partial charge in [-0.15, -0.1) is 0 Å². The Morgan fingerprint density at radius 2 is 1.75 bits per heavy atom. The summed E-state index contributed by atoms with van der Waals surface area (Å²) in [4.78, 5) is 12.8. The van der Waals surface area contributed by atoms with Crippen LogP contribution >= 0.6 is 0 Å². The average molecular weight is 280 g/mol. The second kappa shape index (κ2) is 6.93. The Hall–Kier alpha value is -0.570. The van der Waals surface area contributed by atoms with Crippen molar-refractivity contribution in [2.45, 2.75) is 77.7 Å². The minimum atomic E-state index is -0.275. The van der Waals surface area contributed by atoms with Crippen molar-refractivity contribution in [1.82, 2.24) is 5.32 Å². The van der Waals surface area contributed by atoms with Crippen molar-refractivity contribution < 1.29 is 4.79 Å². The molecule has 0 bridgehead atoms. The molecule has 0 aliphatic heterocycles. The van der Waals surface area contributed by atoms with Gasteiger partial charge in [0.25, 0.3) is 0 Å². The van der Waals surface area contributed by atoms with Gasteiger partial charge < -0.3 is 11.1 Å². The number of amides is 1. The van der Waals surface area contributed by atoms with Crippen molar-refractivity contribution in [3.63, 3.8) is 0 Å². The van der Waals surface area contributed by atoms with Crippen molar-refractivity contribution >= 4 is 5.91 Å². The smallest absolute Gasteiger partial charge is 0.227 e. The number of hydrogen-bond acceptors (Lipinski definition) is 2. The van der Waals surface area contributed by atoms with E-state index in [9.17, 15) is 4.79 Å². The lowest BCUT2D eigenvalue weighted by atomic mass is 9.76. The van der Waals surface area contributed by atoms with E-state index in [1.807, 2.05) is 0 Å². The van der Waals surface area contributed by atoms with Gasteiger partial charge in [-0.1, -0.05) is 39.5 Å². The zero-order valence-electron chi connectivity index (χ0n) is 13.3. The quantitative estimate of drug-likeness (QED) is 0.780. The average Bonchev–Trinajstić information content (AvgIpc) is 2.69. The number of nitrogens with one attached hydrogen (secondary N) is 1. The van der Waals surface area contributed by atoms with Crippen LogP contribution in [0.5, 0.6) is 0 Å². The third-order valence-corrected chi connectivity index (χ3v) is 5.87. The van der Waals surface area contributed by atoms with Gasteiger partial charge in [0, 0.05) is 12.6 Å². The number of rotatable bonds is 3. The Balaban J connectivity index is 1.95. The standard InChI is InChI=1S/C17H32N2O/c1-13-7-8-15(11-14(13)2)19-16(20)17(12-18)9-5-3-4-6-10-17/h13-15H,3-12,18H2,1-2H3,(H,19,20). The van der Waals surface area contributed by atoms with Crippen LogP contribution in [0, 0.1) is 17.3 Å². The predicted molar refractivity (Wildman–Crippen MR) is 83.3 cm³/mol. The minimum Gasteiger partial charge on any atom is -0.353 e. The summed E-state index contributed by atoms with van der Waals surface area (Å²) in [5, 5.41) is 3.34. The summed E-state index contributed by atoms with van der Waals surface area (Å²) in [5.74, 6) is 1.76. The van der Waals surface area contributed by atoms with E-state index in [0.717, 1.165) is 50.4 Å². The van der Waals surface area contributed by atoms with Gasteiger partial charge in [-0.2, -0.15) is 0 Å². The monoisotopic (exact) mass is 280 g/mol. The zero-order chi connectivity index (χ0) is 14.6. The van der Waals surface area contributed by atoms with Crippen LogP contribution in [-0.2, 0) is 4.79 Å². The largest absolute Gasteiger partial charge is 0.353 e. The van der Waals surface area contributed by atoms with Crippen LogP contribution in [0.1, 0.15) is 71.6 Å². The molecule has 0 spiro atoms. The fourth-order valence-electron chi connectivity index (χ4n) is 3.95. The summed E-state index contributed by atoms with van der Waals surface area (Å²) in [6, 6.07) is 0.375. The van der Waals surface area contributed by atoms with Gasteiger partial charge in [0.15, 0.2) is 0 Å². The van der Waals surface area contributed by atoms with E-state index in [1.54, 1.807) is 0 Å². The molecular formula is C17H32N2O. The molecule has 3 nitrogen and oxygen atoms in total.